The van der Waals surface area contributed by atoms with Crippen molar-refractivity contribution >= 4 is 33.5 Å². The van der Waals surface area contributed by atoms with Crippen LogP contribution in [0, 0.1) is 0 Å². The number of hydrogen-bond donors (Lipinski definition) is 1. The van der Waals surface area contributed by atoms with E-state index < -0.39 is 0 Å². The molecule has 0 radical (unpaired) electrons. The first kappa shape index (κ1) is 12.1. The average Bonchev–Trinajstić information content (AvgIpc) is 2.23. The quantitative estimate of drug-likeness (QED) is 0.847. The van der Waals surface area contributed by atoms with Gasteiger partial charge >= 0.3 is 0 Å². The zero-order valence-corrected chi connectivity index (χ0v) is 11.5. The summed E-state index contributed by atoms with van der Waals surface area (Å²) >= 11 is 5.29. The van der Waals surface area contributed by atoms with E-state index in [-0.39, 0.29) is 0 Å². The number of hydrogen-bond acceptors (Lipinski definition) is 5. The van der Waals surface area contributed by atoms with Gasteiger partial charge in [0, 0.05) is 6.54 Å². The normalized spacial score (nSPS) is 15.9. The van der Waals surface area contributed by atoms with E-state index in [0.29, 0.717) is 5.25 Å². The Kier molecular flexibility index (Phi) is 4.43. The minimum atomic E-state index is 0.533. The lowest BCUT2D eigenvalue weighted by Gasteiger charge is -2.25. The molecule has 0 bridgehead atoms. The Balaban J connectivity index is 2.05. The molecule has 1 aromatic heterocycles. The minimum Gasteiger partial charge on any atom is -0.379 e. The molecule has 4 nitrogen and oxygen atoms in total. The molecule has 16 heavy (non-hydrogen) atoms. The highest BCUT2D eigenvalue weighted by atomic mass is 79.9. The van der Waals surface area contributed by atoms with E-state index in [4.69, 9.17) is 4.74 Å². The number of ether oxygens (including phenoxy) is 1. The zero-order valence-electron chi connectivity index (χ0n) is 9.07. The van der Waals surface area contributed by atoms with Crippen molar-refractivity contribution in [3.63, 3.8) is 0 Å². The Bertz CT molecular complexity index is 360. The Morgan fingerprint density at radius 1 is 1.56 bits per heavy atom. The molecule has 1 N–H and O–H groups in total. The van der Waals surface area contributed by atoms with E-state index in [1.807, 2.05) is 0 Å². The predicted octanol–water partition coefficient (Wildman–Crippen LogP) is 2.55. The molecular weight excluding hydrogens is 290 g/mol. The fourth-order valence-corrected chi connectivity index (χ4v) is 2.82. The van der Waals surface area contributed by atoms with Gasteiger partial charge in [-0.1, -0.05) is 18.7 Å². The molecule has 2 heterocycles. The first-order valence-electron chi connectivity index (χ1n) is 5.30. The summed E-state index contributed by atoms with van der Waals surface area (Å²) in [6.45, 7) is 4.69. The lowest BCUT2D eigenvalue weighted by molar-refractivity contribution is 0.0454. The van der Waals surface area contributed by atoms with Crippen LogP contribution in [0.3, 0.4) is 0 Å². The fraction of sp³-hybridized carbons (Fsp3) is 0.600. The van der Waals surface area contributed by atoms with Gasteiger partial charge in [0.05, 0.1) is 22.9 Å². The van der Waals surface area contributed by atoms with Gasteiger partial charge in [0.15, 0.2) is 0 Å². The predicted molar refractivity (Wildman–Crippen MR) is 69.0 cm³/mol. The largest absolute Gasteiger partial charge is 0.379 e. The summed E-state index contributed by atoms with van der Waals surface area (Å²) in [4.78, 5) is 8.49. The monoisotopic (exact) mass is 303 g/mol. The van der Waals surface area contributed by atoms with Gasteiger partial charge in [0.2, 0.25) is 0 Å². The zero-order chi connectivity index (χ0) is 11.4. The molecule has 0 atom stereocenters. The fourth-order valence-electron chi connectivity index (χ4n) is 1.24. The summed E-state index contributed by atoms with van der Waals surface area (Å²) in [5, 5.41) is 4.79. The number of nitrogens with zero attached hydrogens (tertiary/aromatic N) is 2. The number of nitrogens with one attached hydrogen (secondary N) is 1. The van der Waals surface area contributed by atoms with Crippen LogP contribution in [0.1, 0.15) is 13.3 Å². The minimum absolute atomic E-state index is 0.533. The molecule has 1 fully saturated rings. The van der Waals surface area contributed by atoms with E-state index in [0.717, 1.165) is 41.5 Å². The highest BCUT2D eigenvalue weighted by molar-refractivity contribution is 9.10. The van der Waals surface area contributed by atoms with Crippen molar-refractivity contribution in [3.8, 4) is 0 Å². The molecule has 1 aromatic rings. The molecule has 6 heteroatoms. The molecule has 0 unspecified atom stereocenters. The molecule has 1 aliphatic rings. The van der Waals surface area contributed by atoms with Crippen molar-refractivity contribution in [3.05, 3.63) is 10.8 Å². The molecule has 1 saturated heterocycles. The van der Waals surface area contributed by atoms with E-state index in [1.165, 1.54) is 0 Å². The van der Waals surface area contributed by atoms with Gasteiger partial charge in [-0.25, -0.2) is 9.97 Å². The van der Waals surface area contributed by atoms with Crippen LogP contribution in [0.4, 0.5) is 5.82 Å². The maximum atomic E-state index is 5.15. The van der Waals surface area contributed by atoms with E-state index in [1.54, 1.807) is 18.1 Å². The first-order valence-corrected chi connectivity index (χ1v) is 6.97. The van der Waals surface area contributed by atoms with E-state index in [9.17, 15) is 0 Å². The molecule has 0 aromatic carbocycles. The Morgan fingerprint density at radius 3 is 3.00 bits per heavy atom. The lowest BCUT2D eigenvalue weighted by atomic mass is 10.4. The summed E-state index contributed by atoms with van der Waals surface area (Å²) in [5.74, 6) is 0.875. The van der Waals surface area contributed by atoms with Gasteiger partial charge in [-0.05, 0) is 22.4 Å². The maximum absolute atomic E-state index is 5.15. The summed E-state index contributed by atoms with van der Waals surface area (Å²) in [5.41, 5.74) is 0. The van der Waals surface area contributed by atoms with Gasteiger partial charge in [0.1, 0.15) is 17.2 Å². The van der Waals surface area contributed by atoms with Gasteiger partial charge in [-0.15, -0.1) is 0 Å². The van der Waals surface area contributed by atoms with Gasteiger partial charge in [-0.2, -0.15) is 0 Å². The molecule has 0 amide bonds. The second kappa shape index (κ2) is 5.84. The Labute approximate surface area is 108 Å². The molecule has 2 rings (SSSR count). The highest BCUT2D eigenvalue weighted by Crippen LogP contribution is 2.34. The summed E-state index contributed by atoms with van der Waals surface area (Å²) < 4.78 is 6.11. The SMILES string of the molecule is CCCNc1ncnc(SC2COC2)c1Br. The smallest absolute Gasteiger partial charge is 0.144 e. The molecule has 0 aliphatic carbocycles. The highest BCUT2D eigenvalue weighted by Gasteiger charge is 2.22. The van der Waals surface area contributed by atoms with E-state index >= 15 is 0 Å². The van der Waals surface area contributed by atoms with Crippen molar-refractivity contribution in [2.45, 2.75) is 23.6 Å². The summed E-state index contributed by atoms with van der Waals surface area (Å²) in [6.07, 6.45) is 2.68. The van der Waals surface area contributed by atoms with Crippen LogP contribution in [0.25, 0.3) is 0 Å². The van der Waals surface area contributed by atoms with Crippen molar-refractivity contribution < 1.29 is 4.74 Å². The molecular formula is C10H14BrN3OS. The third kappa shape index (κ3) is 2.87. The maximum Gasteiger partial charge on any atom is 0.144 e. The number of anilines is 1. The lowest BCUT2D eigenvalue weighted by Crippen LogP contribution is -2.30. The standard InChI is InChI=1S/C10H14BrN3OS/c1-2-3-12-9-8(11)10(14-6-13-9)16-7-4-15-5-7/h6-7H,2-5H2,1H3,(H,12,13,14). The van der Waals surface area contributed by atoms with Crippen LogP contribution in [-0.4, -0.2) is 35.0 Å². The van der Waals surface area contributed by atoms with Crippen molar-refractivity contribution in [1.82, 2.24) is 9.97 Å². The van der Waals surface area contributed by atoms with Crippen LogP contribution in [0.2, 0.25) is 0 Å². The summed E-state index contributed by atoms with van der Waals surface area (Å²) in [7, 11) is 0. The van der Waals surface area contributed by atoms with Gasteiger partial charge < -0.3 is 10.1 Å². The average molecular weight is 304 g/mol. The molecule has 88 valence electrons. The Morgan fingerprint density at radius 2 is 2.38 bits per heavy atom. The third-order valence-electron chi connectivity index (χ3n) is 2.19. The van der Waals surface area contributed by atoms with Crippen LogP contribution < -0.4 is 5.32 Å². The van der Waals surface area contributed by atoms with Crippen LogP contribution in [0.5, 0.6) is 0 Å². The number of halogens is 1. The third-order valence-corrected chi connectivity index (χ3v) is 4.34. The number of thioether (sulfide) groups is 1. The van der Waals surface area contributed by atoms with Crippen molar-refractivity contribution in [2.75, 3.05) is 25.1 Å². The topological polar surface area (TPSA) is 47.0 Å². The van der Waals surface area contributed by atoms with Crippen LogP contribution in [0.15, 0.2) is 15.8 Å². The molecule has 0 saturated carbocycles. The van der Waals surface area contributed by atoms with Crippen LogP contribution >= 0.6 is 27.7 Å². The van der Waals surface area contributed by atoms with E-state index in [2.05, 4.69) is 38.1 Å². The number of aromatic nitrogens is 2. The second-order valence-corrected chi connectivity index (χ2v) is 5.63. The number of rotatable bonds is 5. The van der Waals surface area contributed by atoms with Crippen LogP contribution in [-0.2, 0) is 4.74 Å². The molecule has 1 aliphatic heterocycles. The van der Waals surface area contributed by atoms with Crippen molar-refractivity contribution in [2.24, 2.45) is 0 Å². The summed E-state index contributed by atoms with van der Waals surface area (Å²) in [6, 6.07) is 0. The second-order valence-electron chi connectivity index (χ2n) is 3.55. The molecule has 0 spiro atoms. The van der Waals surface area contributed by atoms with Gasteiger partial charge in [0.25, 0.3) is 0 Å². The van der Waals surface area contributed by atoms with Crippen molar-refractivity contribution in [1.29, 1.82) is 0 Å². The van der Waals surface area contributed by atoms with Gasteiger partial charge in [-0.3, -0.25) is 0 Å². The first-order chi connectivity index (χ1) is 7.81. The Hall–Kier alpha value is -0.330.